The first-order valence-electron chi connectivity index (χ1n) is 6.77. The zero-order chi connectivity index (χ0) is 14.3. The van der Waals surface area contributed by atoms with Gasteiger partial charge in [0.25, 0.3) is 5.16 Å². The molecule has 5 nitrogen and oxygen atoms in total. The van der Waals surface area contributed by atoms with Crippen molar-refractivity contribution in [3.05, 3.63) is 41.7 Å². The van der Waals surface area contributed by atoms with Gasteiger partial charge < -0.3 is 0 Å². The normalized spacial score (nSPS) is 21.9. The summed E-state index contributed by atoms with van der Waals surface area (Å²) in [6.07, 6.45) is 0.909. The molecule has 0 bridgehead atoms. The van der Waals surface area contributed by atoms with E-state index in [1.54, 1.807) is 11.6 Å². The van der Waals surface area contributed by atoms with Crippen molar-refractivity contribution in [2.45, 2.75) is 37.4 Å². The van der Waals surface area contributed by atoms with E-state index >= 15 is 0 Å². The van der Waals surface area contributed by atoms with Gasteiger partial charge in [0.2, 0.25) is 9.84 Å². The summed E-state index contributed by atoms with van der Waals surface area (Å²) in [5.74, 6) is 1.01. The Hall–Kier alpha value is -1.69. The molecule has 106 valence electrons. The van der Waals surface area contributed by atoms with Crippen molar-refractivity contribution in [3.63, 3.8) is 0 Å². The number of sulfone groups is 1. The van der Waals surface area contributed by atoms with Gasteiger partial charge in [-0.05, 0) is 12.0 Å². The summed E-state index contributed by atoms with van der Waals surface area (Å²) >= 11 is 0. The second-order valence-corrected chi connectivity index (χ2v) is 7.34. The van der Waals surface area contributed by atoms with Crippen molar-refractivity contribution in [2.75, 3.05) is 5.75 Å². The topological polar surface area (TPSA) is 64.8 Å². The maximum atomic E-state index is 11.9. The molecule has 0 fully saturated rings. The molecule has 0 radical (unpaired) electrons. The highest BCUT2D eigenvalue weighted by Gasteiger charge is 2.34. The maximum absolute atomic E-state index is 11.9. The number of hydrogen-bond acceptors (Lipinski definition) is 4. The third kappa shape index (κ3) is 2.04. The van der Waals surface area contributed by atoms with Crippen LogP contribution in [0.3, 0.4) is 0 Å². The average molecular weight is 291 g/mol. The van der Waals surface area contributed by atoms with Crippen LogP contribution in [-0.4, -0.2) is 28.9 Å². The smallest absolute Gasteiger partial charge is 0.241 e. The molecule has 2 heterocycles. The lowest BCUT2D eigenvalue weighted by atomic mass is 10.0. The minimum Gasteiger partial charge on any atom is -0.241 e. The van der Waals surface area contributed by atoms with E-state index < -0.39 is 9.84 Å². The van der Waals surface area contributed by atoms with Crippen molar-refractivity contribution >= 4 is 9.84 Å². The molecule has 2 atom stereocenters. The van der Waals surface area contributed by atoms with Crippen molar-refractivity contribution in [3.8, 4) is 0 Å². The summed E-state index contributed by atoms with van der Waals surface area (Å²) < 4.78 is 25.6. The van der Waals surface area contributed by atoms with Gasteiger partial charge in [-0.2, -0.15) is 0 Å². The third-order valence-corrected chi connectivity index (χ3v) is 5.28. The van der Waals surface area contributed by atoms with Gasteiger partial charge in [-0.3, -0.25) is 0 Å². The number of hydrogen-bond donors (Lipinski definition) is 0. The van der Waals surface area contributed by atoms with E-state index in [-0.39, 0.29) is 22.9 Å². The summed E-state index contributed by atoms with van der Waals surface area (Å²) in [6.45, 7) is 3.67. The van der Waals surface area contributed by atoms with Crippen LogP contribution < -0.4 is 0 Å². The molecule has 20 heavy (non-hydrogen) atoms. The lowest BCUT2D eigenvalue weighted by Crippen LogP contribution is -2.11. The summed E-state index contributed by atoms with van der Waals surface area (Å²) in [4.78, 5) is 4.25. The van der Waals surface area contributed by atoms with Crippen LogP contribution in [0.1, 0.15) is 43.6 Å². The molecule has 6 heteroatoms. The second kappa shape index (κ2) is 4.70. The number of nitrogens with zero attached hydrogens (tertiary/aromatic N) is 3. The standard InChI is InChI=1S/C14H17N3O2S/c1-3-20(18,19)14-15-13-10(2)9-12(17(13)16-14)11-7-5-4-6-8-11/h4-8,10,12H,3,9H2,1-2H3/t10-,12-/m0/s1. The predicted octanol–water partition coefficient (Wildman–Crippen LogP) is 2.17. The quantitative estimate of drug-likeness (QED) is 0.869. The Bertz CT molecular complexity index is 722. The Labute approximate surface area is 118 Å². The van der Waals surface area contributed by atoms with Gasteiger partial charge >= 0.3 is 0 Å². The molecule has 3 rings (SSSR count). The Morgan fingerprint density at radius 1 is 1.30 bits per heavy atom. The fraction of sp³-hybridized carbons (Fsp3) is 0.429. The maximum Gasteiger partial charge on any atom is 0.267 e. The van der Waals surface area contributed by atoms with Gasteiger partial charge in [0.1, 0.15) is 5.82 Å². The zero-order valence-electron chi connectivity index (χ0n) is 11.5. The molecule has 0 spiro atoms. The van der Waals surface area contributed by atoms with E-state index in [2.05, 4.69) is 17.0 Å². The molecule has 1 aliphatic rings. The average Bonchev–Trinajstić information content (AvgIpc) is 3.01. The lowest BCUT2D eigenvalue weighted by Gasteiger charge is -2.11. The van der Waals surface area contributed by atoms with Crippen LogP contribution in [0, 0.1) is 0 Å². The fourth-order valence-corrected chi connectivity index (χ4v) is 3.34. The van der Waals surface area contributed by atoms with E-state index in [9.17, 15) is 8.42 Å². The minimum atomic E-state index is -3.35. The minimum absolute atomic E-state index is 0.0286. The van der Waals surface area contributed by atoms with Gasteiger partial charge in [-0.1, -0.05) is 44.2 Å². The molecule has 0 unspecified atom stereocenters. The van der Waals surface area contributed by atoms with E-state index in [1.807, 2.05) is 30.3 Å². The van der Waals surface area contributed by atoms with Crippen molar-refractivity contribution < 1.29 is 8.42 Å². The fourth-order valence-electron chi connectivity index (χ4n) is 2.63. The molecular formula is C14H17N3O2S. The van der Waals surface area contributed by atoms with Crippen LogP contribution in [0.4, 0.5) is 0 Å². The highest BCUT2D eigenvalue weighted by molar-refractivity contribution is 7.91. The molecule has 1 aliphatic heterocycles. The Kier molecular flexibility index (Phi) is 3.12. The van der Waals surface area contributed by atoms with Crippen LogP contribution in [0.25, 0.3) is 0 Å². The highest BCUT2D eigenvalue weighted by atomic mass is 32.2. The van der Waals surface area contributed by atoms with Crippen LogP contribution >= 0.6 is 0 Å². The molecule has 2 aromatic rings. The summed E-state index contributed by atoms with van der Waals surface area (Å²) in [6, 6.07) is 10.1. The van der Waals surface area contributed by atoms with E-state index in [0.29, 0.717) is 0 Å². The number of rotatable bonds is 3. The van der Waals surface area contributed by atoms with Crippen LogP contribution in [0.2, 0.25) is 0 Å². The third-order valence-electron chi connectivity index (χ3n) is 3.79. The molecule has 0 aliphatic carbocycles. The first-order valence-corrected chi connectivity index (χ1v) is 8.42. The lowest BCUT2D eigenvalue weighted by molar-refractivity contribution is 0.523. The molecule has 0 N–H and O–H groups in total. The molecular weight excluding hydrogens is 274 g/mol. The van der Waals surface area contributed by atoms with Gasteiger partial charge in [0, 0.05) is 5.92 Å². The number of benzene rings is 1. The van der Waals surface area contributed by atoms with E-state index in [4.69, 9.17) is 0 Å². The number of fused-ring (bicyclic) bond motifs is 1. The molecule has 1 aromatic carbocycles. The SMILES string of the molecule is CCS(=O)(=O)c1nc2n(n1)[C@H](c1ccccc1)C[C@@H]2C. The second-order valence-electron chi connectivity index (χ2n) is 5.16. The summed E-state index contributed by atoms with van der Waals surface area (Å²) in [5.41, 5.74) is 1.14. The Morgan fingerprint density at radius 2 is 2.00 bits per heavy atom. The van der Waals surface area contributed by atoms with E-state index in [0.717, 1.165) is 17.8 Å². The first-order chi connectivity index (χ1) is 9.53. The van der Waals surface area contributed by atoms with Crippen LogP contribution in [-0.2, 0) is 9.84 Å². The van der Waals surface area contributed by atoms with Crippen LogP contribution in [0.15, 0.2) is 35.5 Å². The van der Waals surface area contributed by atoms with Gasteiger partial charge in [-0.15, -0.1) is 5.10 Å². The molecule has 0 saturated carbocycles. The van der Waals surface area contributed by atoms with Crippen molar-refractivity contribution in [1.29, 1.82) is 0 Å². The monoisotopic (exact) mass is 291 g/mol. The van der Waals surface area contributed by atoms with Crippen molar-refractivity contribution in [2.24, 2.45) is 0 Å². The summed E-state index contributed by atoms with van der Waals surface area (Å²) in [5, 5.41) is 4.22. The van der Waals surface area contributed by atoms with E-state index in [1.165, 1.54) is 0 Å². The Morgan fingerprint density at radius 3 is 2.65 bits per heavy atom. The van der Waals surface area contributed by atoms with Crippen LogP contribution in [0.5, 0.6) is 0 Å². The first kappa shape index (κ1) is 13.3. The summed E-state index contributed by atoms with van der Waals surface area (Å²) in [7, 11) is -3.35. The molecule has 0 amide bonds. The zero-order valence-corrected chi connectivity index (χ0v) is 12.3. The highest BCUT2D eigenvalue weighted by Crippen LogP contribution is 2.38. The predicted molar refractivity (Wildman–Crippen MR) is 75.4 cm³/mol. The van der Waals surface area contributed by atoms with Gasteiger partial charge in [0.05, 0.1) is 11.8 Å². The Balaban J connectivity index is 2.07. The largest absolute Gasteiger partial charge is 0.267 e. The van der Waals surface area contributed by atoms with Gasteiger partial charge in [0.15, 0.2) is 0 Å². The molecule has 1 aromatic heterocycles. The molecule has 0 saturated heterocycles. The number of aromatic nitrogens is 3. The van der Waals surface area contributed by atoms with Crippen molar-refractivity contribution in [1.82, 2.24) is 14.8 Å². The van der Waals surface area contributed by atoms with Gasteiger partial charge in [-0.25, -0.2) is 18.1 Å².